The Balaban J connectivity index is 2.69. The number of hydrogen-bond donors (Lipinski definition) is 1. The molecule has 6 heteroatoms. The van der Waals surface area contributed by atoms with Crippen LogP contribution in [0.3, 0.4) is 0 Å². The first-order valence-electron chi connectivity index (χ1n) is 6.26. The maximum Gasteiger partial charge on any atom is 0.309 e. The van der Waals surface area contributed by atoms with Crippen molar-refractivity contribution in [2.45, 2.75) is 24.7 Å². The third-order valence-corrected chi connectivity index (χ3v) is 4.13. The standard InChI is InChI=1S/C14H19NO4S/c1-3-4-5-10-15-20(17,18)13-8-6-12(7-9-13)11-14(16)19-2/h3-4,6-9,15H,5,10-11H2,1-2H3/b4-3+. The van der Waals surface area contributed by atoms with Gasteiger partial charge < -0.3 is 4.74 Å². The molecule has 0 radical (unpaired) electrons. The summed E-state index contributed by atoms with van der Waals surface area (Å²) in [6.45, 7) is 2.24. The molecule has 0 heterocycles. The van der Waals surface area contributed by atoms with Crippen molar-refractivity contribution < 1.29 is 17.9 Å². The zero-order valence-electron chi connectivity index (χ0n) is 11.6. The molecule has 0 aliphatic heterocycles. The van der Waals surface area contributed by atoms with Gasteiger partial charge in [0.15, 0.2) is 0 Å². The molecular formula is C14H19NO4S. The van der Waals surface area contributed by atoms with Gasteiger partial charge in [-0.3, -0.25) is 4.79 Å². The Hall–Kier alpha value is -1.66. The molecule has 1 rings (SSSR count). The highest BCUT2D eigenvalue weighted by atomic mass is 32.2. The van der Waals surface area contributed by atoms with E-state index >= 15 is 0 Å². The van der Waals surface area contributed by atoms with Gasteiger partial charge in [0.1, 0.15) is 0 Å². The first-order valence-corrected chi connectivity index (χ1v) is 7.74. The molecule has 0 spiro atoms. The molecule has 0 amide bonds. The van der Waals surface area contributed by atoms with E-state index < -0.39 is 10.0 Å². The molecule has 1 aromatic rings. The highest BCUT2D eigenvalue weighted by Crippen LogP contribution is 2.11. The second kappa shape index (κ2) is 7.81. The van der Waals surface area contributed by atoms with Gasteiger partial charge in [0.05, 0.1) is 18.4 Å². The molecular weight excluding hydrogens is 278 g/mol. The Morgan fingerprint density at radius 2 is 1.95 bits per heavy atom. The van der Waals surface area contributed by atoms with Crippen LogP contribution >= 0.6 is 0 Å². The lowest BCUT2D eigenvalue weighted by atomic mass is 10.2. The largest absolute Gasteiger partial charge is 0.469 e. The van der Waals surface area contributed by atoms with Gasteiger partial charge in [-0.05, 0) is 31.0 Å². The maximum absolute atomic E-state index is 12.0. The predicted molar refractivity (Wildman–Crippen MR) is 76.8 cm³/mol. The van der Waals surface area contributed by atoms with Gasteiger partial charge in [0.25, 0.3) is 0 Å². The molecule has 0 unspecified atom stereocenters. The van der Waals surface area contributed by atoms with Crippen molar-refractivity contribution in [3.8, 4) is 0 Å². The number of ether oxygens (including phenoxy) is 1. The number of benzene rings is 1. The van der Waals surface area contributed by atoms with E-state index in [1.165, 1.54) is 19.2 Å². The molecule has 0 aliphatic rings. The van der Waals surface area contributed by atoms with E-state index in [1.54, 1.807) is 12.1 Å². The van der Waals surface area contributed by atoms with Crippen LogP contribution < -0.4 is 4.72 Å². The molecule has 0 fully saturated rings. The number of methoxy groups -OCH3 is 1. The van der Waals surface area contributed by atoms with Gasteiger partial charge in [-0.15, -0.1) is 0 Å². The molecule has 110 valence electrons. The van der Waals surface area contributed by atoms with Crippen LogP contribution in [0.5, 0.6) is 0 Å². The fourth-order valence-electron chi connectivity index (χ4n) is 1.55. The van der Waals surface area contributed by atoms with Gasteiger partial charge in [-0.1, -0.05) is 24.3 Å². The summed E-state index contributed by atoms with van der Waals surface area (Å²) in [4.78, 5) is 11.3. The number of carbonyl (C=O) groups is 1. The molecule has 1 N–H and O–H groups in total. The SMILES string of the molecule is C/C=C/CCNS(=O)(=O)c1ccc(CC(=O)OC)cc1. The summed E-state index contributed by atoms with van der Waals surface area (Å²) in [5.74, 6) is -0.356. The average Bonchev–Trinajstić information content (AvgIpc) is 2.44. The van der Waals surface area contributed by atoms with Crippen molar-refractivity contribution in [1.29, 1.82) is 0 Å². The fourth-order valence-corrected chi connectivity index (χ4v) is 2.60. The smallest absolute Gasteiger partial charge is 0.309 e. The molecule has 0 atom stereocenters. The fraction of sp³-hybridized carbons (Fsp3) is 0.357. The monoisotopic (exact) mass is 297 g/mol. The van der Waals surface area contributed by atoms with Crippen molar-refractivity contribution in [3.05, 3.63) is 42.0 Å². The number of carbonyl (C=O) groups excluding carboxylic acids is 1. The summed E-state index contributed by atoms with van der Waals surface area (Å²) in [5.41, 5.74) is 0.713. The summed E-state index contributed by atoms with van der Waals surface area (Å²) in [7, 11) is -2.18. The van der Waals surface area contributed by atoms with E-state index in [4.69, 9.17) is 0 Å². The van der Waals surface area contributed by atoms with E-state index in [1.807, 2.05) is 19.1 Å². The van der Waals surface area contributed by atoms with Gasteiger partial charge in [-0.25, -0.2) is 13.1 Å². The summed E-state index contributed by atoms with van der Waals surface area (Å²) in [6.07, 6.45) is 4.54. The van der Waals surface area contributed by atoms with Crippen LogP contribution in [-0.4, -0.2) is 28.0 Å². The number of sulfonamides is 1. The number of rotatable bonds is 7. The lowest BCUT2D eigenvalue weighted by Gasteiger charge is -2.06. The van der Waals surface area contributed by atoms with Crippen LogP contribution in [-0.2, 0) is 26.0 Å². The van der Waals surface area contributed by atoms with Crippen molar-refractivity contribution in [1.82, 2.24) is 4.72 Å². The Morgan fingerprint density at radius 3 is 2.50 bits per heavy atom. The minimum Gasteiger partial charge on any atom is -0.469 e. The Kier molecular flexibility index (Phi) is 6.41. The summed E-state index contributed by atoms with van der Waals surface area (Å²) >= 11 is 0. The first-order chi connectivity index (χ1) is 9.49. The number of nitrogens with one attached hydrogen (secondary N) is 1. The lowest BCUT2D eigenvalue weighted by molar-refractivity contribution is -0.139. The second-order valence-electron chi connectivity index (χ2n) is 4.15. The van der Waals surface area contributed by atoms with E-state index in [2.05, 4.69) is 9.46 Å². The van der Waals surface area contributed by atoms with E-state index in [0.717, 1.165) is 0 Å². The molecule has 5 nitrogen and oxygen atoms in total. The highest BCUT2D eigenvalue weighted by molar-refractivity contribution is 7.89. The van der Waals surface area contributed by atoms with E-state index in [-0.39, 0.29) is 17.3 Å². The third kappa shape index (κ3) is 5.14. The molecule has 0 aliphatic carbocycles. The van der Waals surface area contributed by atoms with Gasteiger partial charge in [0.2, 0.25) is 10.0 Å². The predicted octanol–water partition coefficient (Wildman–Crippen LogP) is 1.65. The molecule has 0 aromatic heterocycles. The normalized spacial score (nSPS) is 11.7. The number of esters is 1. The zero-order chi connectivity index (χ0) is 15.0. The average molecular weight is 297 g/mol. The molecule has 0 saturated carbocycles. The first kappa shape index (κ1) is 16.4. The minimum atomic E-state index is -3.49. The van der Waals surface area contributed by atoms with Crippen molar-refractivity contribution in [2.75, 3.05) is 13.7 Å². The highest BCUT2D eigenvalue weighted by Gasteiger charge is 2.13. The molecule has 0 saturated heterocycles. The van der Waals surface area contributed by atoms with Gasteiger partial charge >= 0.3 is 5.97 Å². The van der Waals surface area contributed by atoms with E-state index in [0.29, 0.717) is 18.5 Å². The van der Waals surface area contributed by atoms with Crippen LogP contribution in [0, 0.1) is 0 Å². The van der Waals surface area contributed by atoms with Crippen molar-refractivity contribution in [2.24, 2.45) is 0 Å². The van der Waals surface area contributed by atoms with E-state index in [9.17, 15) is 13.2 Å². The van der Waals surface area contributed by atoms with Crippen molar-refractivity contribution in [3.63, 3.8) is 0 Å². The lowest BCUT2D eigenvalue weighted by Crippen LogP contribution is -2.24. The Morgan fingerprint density at radius 1 is 1.30 bits per heavy atom. The van der Waals surface area contributed by atoms with Crippen LogP contribution in [0.15, 0.2) is 41.3 Å². The van der Waals surface area contributed by atoms with Crippen LogP contribution in [0.25, 0.3) is 0 Å². The topological polar surface area (TPSA) is 72.5 Å². The quantitative estimate of drug-likeness (QED) is 0.472. The van der Waals surface area contributed by atoms with Crippen molar-refractivity contribution >= 4 is 16.0 Å². The molecule has 0 bridgehead atoms. The van der Waals surface area contributed by atoms with Crippen LogP contribution in [0.1, 0.15) is 18.9 Å². The second-order valence-corrected chi connectivity index (χ2v) is 5.92. The maximum atomic E-state index is 12.0. The van der Waals surface area contributed by atoms with Crippen LogP contribution in [0.4, 0.5) is 0 Å². The molecule has 20 heavy (non-hydrogen) atoms. The number of allylic oxidation sites excluding steroid dienone is 1. The summed E-state index contributed by atoms with van der Waals surface area (Å²) < 4.78 is 31.0. The van der Waals surface area contributed by atoms with Crippen LogP contribution in [0.2, 0.25) is 0 Å². The van der Waals surface area contributed by atoms with Gasteiger partial charge in [0, 0.05) is 6.54 Å². The Bertz CT molecular complexity index is 561. The molecule has 1 aromatic carbocycles. The summed E-state index contributed by atoms with van der Waals surface area (Å²) in [5, 5.41) is 0. The summed E-state index contributed by atoms with van der Waals surface area (Å²) in [6, 6.07) is 6.18. The zero-order valence-corrected chi connectivity index (χ0v) is 12.4. The number of hydrogen-bond acceptors (Lipinski definition) is 4. The minimum absolute atomic E-state index is 0.131. The van der Waals surface area contributed by atoms with Gasteiger partial charge in [-0.2, -0.15) is 0 Å². The third-order valence-electron chi connectivity index (χ3n) is 2.65. The Labute approximate surface area is 119 Å².